The minimum absolute atomic E-state index is 0.111. The molecular weight excluding hydrogens is 388 g/mol. The molecule has 28 heavy (non-hydrogen) atoms. The Hall–Kier alpha value is -2.76. The van der Waals surface area contributed by atoms with Crippen molar-refractivity contribution in [3.63, 3.8) is 0 Å². The minimum atomic E-state index is -0.116. The van der Waals surface area contributed by atoms with E-state index in [0.29, 0.717) is 20.9 Å². The fraction of sp³-hybridized carbons (Fsp3) is 0.0435. The molecule has 0 N–H and O–H groups in total. The Labute approximate surface area is 171 Å². The molecular formula is C23H16O3S2. The van der Waals surface area contributed by atoms with Gasteiger partial charge >= 0.3 is 0 Å². The van der Waals surface area contributed by atoms with Crippen LogP contribution in [-0.2, 0) is 0 Å². The zero-order chi connectivity index (χ0) is 19.5. The second-order valence-electron chi connectivity index (χ2n) is 6.05. The number of hydrogen-bond donors (Lipinski definition) is 0. The van der Waals surface area contributed by atoms with E-state index in [2.05, 4.69) is 0 Å². The average molecular weight is 405 g/mol. The maximum atomic E-state index is 13.2. The zero-order valence-electron chi connectivity index (χ0n) is 15.0. The molecule has 5 heteroatoms. The highest BCUT2D eigenvalue weighted by atomic mass is 32.2. The summed E-state index contributed by atoms with van der Waals surface area (Å²) in [4.78, 5) is 29.2. The summed E-state index contributed by atoms with van der Waals surface area (Å²) in [6, 6.07) is 24.1. The molecule has 0 fully saturated rings. The molecule has 3 aromatic rings. The van der Waals surface area contributed by atoms with Gasteiger partial charge in [-0.15, -0.1) is 0 Å². The van der Waals surface area contributed by atoms with Gasteiger partial charge in [0.05, 0.1) is 16.9 Å². The summed E-state index contributed by atoms with van der Waals surface area (Å²) < 4.78 is 5.20. The van der Waals surface area contributed by atoms with Crippen molar-refractivity contribution in [2.75, 3.05) is 7.11 Å². The molecule has 3 aromatic carbocycles. The van der Waals surface area contributed by atoms with E-state index in [4.69, 9.17) is 4.74 Å². The molecule has 0 unspecified atom stereocenters. The predicted octanol–water partition coefficient (Wildman–Crippen LogP) is 5.87. The van der Waals surface area contributed by atoms with Crippen LogP contribution in [-0.4, -0.2) is 18.7 Å². The molecule has 3 nitrogen and oxygen atoms in total. The second-order valence-corrected chi connectivity index (χ2v) is 8.22. The maximum absolute atomic E-state index is 13.2. The normalized spacial score (nSPS) is 13.5. The first-order valence-corrected chi connectivity index (χ1v) is 10.3. The number of Topliss-reactive ketones (excluding diaryl/α,β-unsaturated/α-hetero) is 2. The second kappa shape index (κ2) is 8.09. The lowest BCUT2D eigenvalue weighted by atomic mass is 9.94. The number of ketones is 2. The lowest BCUT2D eigenvalue weighted by Gasteiger charge is -2.20. The van der Waals surface area contributed by atoms with Gasteiger partial charge < -0.3 is 4.74 Å². The van der Waals surface area contributed by atoms with E-state index in [1.165, 1.54) is 23.5 Å². The van der Waals surface area contributed by atoms with Crippen LogP contribution in [0.15, 0.2) is 98.5 Å². The number of benzene rings is 3. The van der Waals surface area contributed by atoms with Gasteiger partial charge in [0, 0.05) is 20.9 Å². The van der Waals surface area contributed by atoms with E-state index in [1.807, 2.05) is 54.6 Å². The van der Waals surface area contributed by atoms with Crippen molar-refractivity contribution >= 4 is 35.1 Å². The molecule has 0 atom stereocenters. The molecule has 0 saturated carbocycles. The summed E-state index contributed by atoms with van der Waals surface area (Å²) in [7, 11) is 1.61. The van der Waals surface area contributed by atoms with E-state index in [-0.39, 0.29) is 11.6 Å². The Kier molecular flexibility index (Phi) is 5.37. The molecule has 0 amide bonds. The number of allylic oxidation sites excluding steroid dienone is 2. The van der Waals surface area contributed by atoms with Crippen LogP contribution in [0.5, 0.6) is 5.75 Å². The Morgan fingerprint density at radius 1 is 0.607 bits per heavy atom. The van der Waals surface area contributed by atoms with Gasteiger partial charge in [0.1, 0.15) is 5.75 Å². The first kappa shape index (κ1) is 18.6. The number of thioether (sulfide) groups is 2. The molecule has 0 saturated heterocycles. The minimum Gasteiger partial charge on any atom is -0.497 e. The summed E-state index contributed by atoms with van der Waals surface area (Å²) in [6.07, 6.45) is 0. The maximum Gasteiger partial charge on any atom is 0.201 e. The molecule has 1 aliphatic rings. The third-order valence-electron chi connectivity index (χ3n) is 4.28. The SMILES string of the molecule is COc1ccc(SC2=C(Sc3ccccc3)C(=O)c3ccccc3C2=O)cc1. The van der Waals surface area contributed by atoms with Crippen molar-refractivity contribution in [1.82, 2.24) is 0 Å². The highest BCUT2D eigenvalue weighted by molar-refractivity contribution is 8.08. The molecule has 138 valence electrons. The van der Waals surface area contributed by atoms with Crippen LogP contribution in [0.25, 0.3) is 0 Å². The van der Waals surface area contributed by atoms with Gasteiger partial charge in [-0.3, -0.25) is 9.59 Å². The van der Waals surface area contributed by atoms with Gasteiger partial charge in [-0.05, 0) is 36.4 Å². The van der Waals surface area contributed by atoms with E-state index in [1.54, 1.807) is 31.4 Å². The zero-order valence-corrected chi connectivity index (χ0v) is 16.7. The Morgan fingerprint density at radius 3 is 1.57 bits per heavy atom. The summed E-state index contributed by atoms with van der Waals surface area (Å²) in [5.41, 5.74) is 0.922. The number of hydrogen-bond acceptors (Lipinski definition) is 5. The molecule has 0 heterocycles. The quantitative estimate of drug-likeness (QED) is 0.532. The van der Waals surface area contributed by atoms with Gasteiger partial charge in [0.25, 0.3) is 0 Å². The Bertz CT molecular complexity index is 1070. The lowest BCUT2D eigenvalue weighted by Crippen LogP contribution is -2.19. The smallest absolute Gasteiger partial charge is 0.201 e. The number of ether oxygens (including phenoxy) is 1. The summed E-state index contributed by atoms with van der Waals surface area (Å²) >= 11 is 2.66. The third-order valence-corrected chi connectivity index (χ3v) is 6.61. The Balaban J connectivity index is 1.78. The summed E-state index contributed by atoms with van der Waals surface area (Å²) in [6.45, 7) is 0. The number of rotatable bonds is 5. The van der Waals surface area contributed by atoms with Crippen molar-refractivity contribution in [2.24, 2.45) is 0 Å². The monoisotopic (exact) mass is 404 g/mol. The molecule has 0 radical (unpaired) electrons. The van der Waals surface area contributed by atoms with Crippen LogP contribution < -0.4 is 4.74 Å². The van der Waals surface area contributed by atoms with Crippen molar-refractivity contribution in [3.8, 4) is 5.75 Å². The first-order valence-electron chi connectivity index (χ1n) is 8.65. The first-order chi connectivity index (χ1) is 13.7. The van der Waals surface area contributed by atoms with Crippen molar-refractivity contribution in [1.29, 1.82) is 0 Å². The van der Waals surface area contributed by atoms with Gasteiger partial charge in [-0.25, -0.2) is 0 Å². The topological polar surface area (TPSA) is 43.4 Å². The van der Waals surface area contributed by atoms with Gasteiger partial charge in [-0.1, -0.05) is 66.0 Å². The number of methoxy groups -OCH3 is 1. The molecule has 1 aliphatic carbocycles. The molecule has 4 rings (SSSR count). The molecule has 0 aromatic heterocycles. The number of carbonyl (C=O) groups excluding carboxylic acids is 2. The number of fused-ring (bicyclic) bond motifs is 1. The highest BCUT2D eigenvalue weighted by Crippen LogP contribution is 2.43. The standard InChI is InChI=1S/C23H16O3S2/c1-26-15-11-13-17(14-12-15)28-23-21(25)19-10-6-5-9-18(19)20(24)22(23)27-16-7-3-2-4-8-16/h2-14H,1H3. The van der Waals surface area contributed by atoms with Crippen LogP contribution in [0.2, 0.25) is 0 Å². The van der Waals surface area contributed by atoms with E-state index in [0.717, 1.165) is 15.5 Å². The largest absolute Gasteiger partial charge is 0.497 e. The fourth-order valence-corrected chi connectivity index (χ4v) is 4.95. The van der Waals surface area contributed by atoms with Crippen molar-refractivity contribution in [3.05, 3.63) is 99.8 Å². The van der Waals surface area contributed by atoms with Crippen LogP contribution in [0.4, 0.5) is 0 Å². The fourth-order valence-electron chi connectivity index (χ4n) is 2.88. The van der Waals surface area contributed by atoms with Gasteiger partial charge in [0.2, 0.25) is 11.6 Å². The van der Waals surface area contributed by atoms with Crippen LogP contribution in [0.1, 0.15) is 20.7 Å². The van der Waals surface area contributed by atoms with Crippen LogP contribution in [0, 0.1) is 0 Å². The average Bonchev–Trinajstić information content (AvgIpc) is 2.75. The third kappa shape index (κ3) is 3.63. The van der Waals surface area contributed by atoms with Crippen LogP contribution in [0.3, 0.4) is 0 Å². The Morgan fingerprint density at radius 2 is 1.07 bits per heavy atom. The van der Waals surface area contributed by atoms with Gasteiger partial charge in [0.15, 0.2) is 0 Å². The summed E-state index contributed by atoms with van der Waals surface area (Å²) in [5.74, 6) is 0.517. The molecule has 0 spiro atoms. The summed E-state index contributed by atoms with van der Waals surface area (Å²) in [5, 5.41) is 0. The van der Waals surface area contributed by atoms with E-state index >= 15 is 0 Å². The van der Waals surface area contributed by atoms with Crippen LogP contribution >= 0.6 is 23.5 Å². The van der Waals surface area contributed by atoms with E-state index in [9.17, 15) is 9.59 Å². The molecule has 0 aliphatic heterocycles. The van der Waals surface area contributed by atoms with E-state index < -0.39 is 0 Å². The highest BCUT2D eigenvalue weighted by Gasteiger charge is 2.33. The van der Waals surface area contributed by atoms with Gasteiger partial charge in [-0.2, -0.15) is 0 Å². The number of carbonyl (C=O) groups is 2. The molecule has 0 bridgehead atoms. The lowest BCUT2D eigenvalue weighted by molar-refractivity contribution is 0.0988. The van der Waals surface area contributed by atoms with Crippen molar-refractivity contribution < 1.29 is 14.3 Å². The van der Waals surface area contributed by atoms with Crippen molar-refractivity contribution in [2.45, 2.75) is 9.79 Å². The predicted molar refractivity (Wildman–Crippen MR) is 113 cm³/mol.